The van der Waals surface area contributed by atoms with E-state index in [-0.39, 0.29) is 18.1 Å². The molecule has 9 heteroatoms. The number of hydrogen-bond acceptors (Lipinski definition) is 7. The summed E-state index contributed by atoms with van der Waals surface area (Å²) in [5.74, 6) is -0.224. The fraction of sp³-hybridized carbons (Fsp3) is 0.185. The molecule has 3 aromatic rings. The molecule has 0 spiro atoms. The molecule has 0 bridgehead atoms. The highest BCUT2D eigenvalue weighted by Gasteiger charge is 2.34. The Hall–Kier alpha value is -4.24. The molecule has 1 aliphatic carbocycles. The van der Waals surface area contributed by atoms with Crippen molar-refractivity contribution in [2.24, 2.45) is 17.3 Å². The Labute approximate surface area is 212 Å². The third-order valence-electron chi connectivity index (χ3n) is 5.60. The average Bonchev–Trinajstić information content (AvgIpc) is 3.21. The molecule has 0 radical (unpaired) electrons. The lowest BCUT2D eigenvalue weighted by Gasteiger charge is -2.31. The van der Waals surface area contributed by atoms with Gasteiger partial charge in [0.2, 0.25) is 10.7 Å². The van der Waals surface area contributed by atoms with Crippen LogP contribution in [-0.4, -0.2) is 35.3 Å². The van der Waals surface area contributed by atoms with Gasteiger partial charge in [0.15, 0.2) is 5.76 Å². The van der Waals surface area contributed by atoms with Gasteiger partial charge in [0.05, 0.1) is 29.1 Å². The number of methoxy groups -OCH3 is 1. The molecular formula is C27H26N4O4S. The average molecular weight is 503 g/mol. The van der Waals surface area contributed by atoms with E-state index in [4.69, 9.17) is 9.47 Å². The Balaban J connectivity index is 1.65. The number of aryl methyl sites for hydroxylation is 1. The van der Waals surface area contributed by atoms with Crippen LogP contribution in [0.1, 0.15) is 23.7 Å². The molecule has 0 aliphatic heterocycles. The van der Waals surface area contributed by atoms with E-state index in [2.05, 4.69) is 22.1 Å². The molecule has 2 aromatic carbocycles. The number of para-hydroxylation sites is 1. The van der Waals surface area contributed by atoms with E-state index in [0.717, 1.165) is 10.2 Å². The molecule has 1 unspecified atom stereocenters. The van der Waals surface area contributed by atoms with E-state index in [1.54, 1.807) is 49.6 Å². The van der Waals surface area contributed by atoms with Crippen LogP contribution >= 0.6 is 11.3 Å². The standard InChI is InChI=1S/C27H26N4O4S/c1-18(2)24(32)29-27(17-28-30-26-31(3)20-12-8-9-13-23(20)36-26)15-14-21(22(16-27)34-4)35-25(33)19-10-6-5-7-11-19/h5-15,17H,1,16H2,2-4H3,(H,29,32). The summed E-state index contributed by atoms with van der Waals surface area (Å²) < 4.78 is 14.2. The van der Waals surface area contributed by atoms with Crippen LogP contribution < -0.4 is 10.1 Å². The maximum Gasteiger partial charge on any atom is 0.343 e. The molecule has 0 saturated carbocycles. The minimum Gasteiger partial charge on any atom is -0.497 e. The molecule has 1 N–H and O–H groups in total. The van der Waals surface area contributed by atoms with Gasteiger partial charge >= 0.3 is 5.97 Å². The van der Waals surface area contributed by atoms with Gasteiger partial charge in [-0.3, -0.25) is 4.79 Å². The third-order valence-corrected chi connectivity index (χ3v) is 6.70. The normalized spacial score (nSPS) is 18.0. The highest BCUT2D eigenvalue weighted by Crippen LogP contribution is 2.28. The molecule has 1 amide bonds. The van der Waals surface area contributed by atoms with Crippen molar-refractivity contribution in [3.05, 3.63) is 101 Å². The Bertz CT molecular complexity index is 1480. The largest absolute Gasteiger partial charge is 0.497 e. The highest BCUT2D eigenvalue weighted by molar-refractivity contribution is 7.16. The van der Waals surface area contributed by atoms with E-state index >= 15 is 0 Å². The Morgan fingerprint density at radius 2 is 1.89 bits per heavy atom. The summed E-state index contributed by atoms with van der Waals surface area (Å²) in [4.78, 5) is 25.8. The number of fused-ring (bicyclic) bond motifs is 1. The molecule has 1 heterocycles. The lowest BCUT2D eigenvalue weighted by Crippen LogP contribution is -2.50. The predicted octanol–water partition coefficient (Wildman–Crippen LogP) is 4.23. The maximum absolute atomic E-state index is 12.6. The molecule has 4 rings (SSSR count). The zero-order valence-electron chi connectivity index (χ0n) is 20.2. The van der Waals surface area contributed by atoms with Crippen LogP contribution in [0.2, 0.25) is 0 Å². The number of nitrogens with one attached hydrogen (secondary N) is 1. The number of aromatic nitrogens is 1. The van der Waals surface area contributed by atoms with Crippen LogP contribution in [0.5, 0.6) is 0 Å². The van der Waals surface area contributed by atoms with Crippen molar-refractivity contribution < 1.29 is 19.1 Å². The lowest BCUT2D eigenvalue weighted by atomic mass is 9.90. The van der Waals surface area contributed by atoms with E-state index < -0.39 is 11.5 Å². The fourth-order valence-electron chi connectivity index (χ4n) is 3.61. The number of hydrogen-bond donors (Lipinski definition) is 1. The van der Waals surface area contributed by atoms with Gasteiger partial charge in [-0.05, 0) is 43.3 Å². The number of ether oxygens (including phenoxy) is 2. The second-order valence-electron chi connectivity index (χ2n) is 8.29. The van der Waals surface area contributed by atoms with Crippen molar-refractivity contribution in [1.82, 2.24) is 9.88 Å². The summed E-state index contributed by atoms with van der Waals surface area (Å²) in [6, 6.07) is 16.7. The van der Waals surface area contributed by atoms with Crippen molar-refractivity contribution in [1.29, 1.82) is 0 Å². The molecule has 1 aliphatic rings. The van der Waals surface area contributed by atoms with Crippen LogP contribution in [-0.2, 0) is 21.3 Å². The number of amides is 1. The Morgan fingerprint density at radius 1 is 1.17 bits per heavy atom. The second-order valence-corrected chi connectivity index (χ2v) is 9.30. The number of allylic oxidation sites excluding steroid dienone is 1. The third kappa shape index (κ3) is 5.36. The molecule has 1 atom stereocenters. The zero-order valence-corrected chi connectivity index (χ0v) is 21.0. The summed E-state index contributed by atoms with van der Waals surface area (Å²) in [5, 5.41) is 11.6. The van der Waals surface area contributed by atoms with E-state index in [1.807, 2.05) is 41.9 Å². The predicted molar refractivity (Wildman–Crippen MR) is 140 cm³/mol. The summed E-state index contributed by atoms with van der Waals surface area (Å²) in [6.45, 7) is 5.34. The van der Waals surface area contributed by atoms with Gasteiger partial charge in [-0.15, -0.1) is 5.10 Å². The topological polar surface area (TPSA) is 94.3 Å². The van der Waals surface area contributed by atoms with Crippen LogP contribution in [0, 0.1) is 0 Å². The maximum atomic E-state index is 12.6. The molecular weight excluding hydrogens is 476 g/mol. The first kappa shape index (κ1) is 24.9. The number of nitrogens with zero attached hydrogens (tertiary/aromatic N) is 3. The SMILES string of the molecule is C=C(C)C(=O)NC1(C=NN=c2sc3ccccc3n2C)C=CC(OC(=O)c2ccccc2)=C(OC)C1. The summed E-state index contributed by atoms with van der Waals surface area (Å²) >= 11 is 1.51. The Kier molecular flexibility index (Phi) is 7.30. The molecule has 1 aromatic heterocycles. The van der Waals surface area contributed by atoms with Gasteiger partial charge in [0.1, 0.15) is 11.3 Å². The van der Waals surface area contributed by atoms with Gasteiger partial charge < -0.3 is 19.4 Å². The van der Waals surface area contributed by atoms with Crippen molar-refractivity contribution in [2.75, 3.05) is 7.11 Å². The number of rotatable bonds is 7. The van der Waals surface area contributed by atoms with Gasteiger partial charge in [-0.1, -0.05) is 48.2 Å². The summed E-state index contributed by atoms with van der Waals surface area (Å²) in [5.41, 5.74) is 0.739. The van der Waals surface area contributed by atoms with Crippen LogP contribution in [0.3, 0.4) is 0 Å². The van der Waals surface area contributed by atoms with Gasteiger partial charge in [0.25, 0.3) is 0 Å². The smallest absolute Gasteiger partial charge is 0.343 e. The van der Waals surface area contributed by atoms with Gasteiger partial charge in [-0.2, -0.15) is 5.10 Å². The quantitative estimate of drug-likeness (QED) is 0.226. The van der Waals surface area contributed by atoms with E-state index in [9.17, 15) is 9.59 Å². The number of carbonyl (C=O) groups is 2. The molecule has 8 nitrogen and oxygen atoms in total. The number of carbonyl (C=O) groups excluding carboxylic acids is 2. The highest BCUT2D eigenvalue weighted by atomic mass is 32.1. The van der Waals surface area contributed by atoms with E-state index in [0.29, 0.717) is 21.7 Å². The van der Waals surface area contributed by atoms with Crippen LogP contribution in [0.15, 0.2) is 101 Å². The fourth-order valence-corrected chi connectivity index (χ4v) is 4.59. The Morgan fingerprint density at radius 3 is 2.58 bits per heavy atom. The first-order valence-corrected chi connectivity index (χ1v) is 12.0. The van der Waals surface area contributed by atoms with Gasteiger partial charge in [-0.25, -0.2) is 4.79 Å². The summed E-state index contributed by atoms with van der Waals surface area (Å²) in [7, 11) is 3.40. The molecule has 184 valence electrons. The van der Waals surface area contributed by atoms with Crippen LogP contribution in [0.4, 0.5) is 0 Å². The van der Waals surface area contributed by atoms with Crippen molar-refractivity contribution in [3.8, 4) is 0 Å². The number of thiazole rings is 1. The molecule has 0 fully saturated rings. The lowest BCUT2D eigenvalue weighted by molar-refractivity contribution is -0.118. The first-order chi connectivity index (χ1) is 17.3. The van der Waals surface area contributed by atoms with Crippen molar-refractivity contribution in [2.45, 2.75) is 18.9 Å². The molecule has 36 heavy (non-hydrogen) atoms. The second kappa shape index (κ2) is 10.6. The monoisotopic (exact) mass is 502 g/mol. The minimum atomic E-state index is -1.07. The first-order valence-electron chi connectivity index (χ1n) is 11.2. The summed E-state index contributed by atoms with van der Waals surface area (Å²) in [6.07, 6.45) is 5.00. The number of esters is 1. The number of benzene rings is 2. The minimum absolute atomic E-state index is 0.161. The van der Waals surface area contributed by atoms with Crippen molar-refractivity contribution in [3.63, 3.8) is 0 Å². The zero-order chi connectivity index (χ0) is 25.7. The van der Waals surface area contributed by atoms with E-state index in [1.165, 1.54) is 18.4 Å². The van der Waals surface area contributed by atoms with Crippen LogP contribution in [0.25, 0.3) is 10.2 Å². The van der Waals surface area contributed by atoms with Gasteiger partial charge in [0, 0.05) is 19.0 Å². The van der Waals surface area contributed by atoms with Crippen molar-refractivity contribution >= 4 is 39.6 Å². The molecule has 0 saturated heterocycles.